The lowest BCUT2D eigenvalue weighted by Crippen LogP contribution is -2.45. The van der Waals surface area contributed by atoms with E-state index in [9.17, 15) is 18.0 Å². The molecule has 2 aliphatic rings. The van der Waals surface area contributed by atoms with E-state index in [1.807, 2.05) is 0 Å². The molecule has 1 aromatic rings. The molecule has 0 bridgehead atoms. The van der Waals surface area contributed by atoms with Crippen molar-refractivity contribution in [3.63, 3.8) is 0 Å². The molecular weight excluding hydrogens is 440 g/mol. The largest absolute Gasteiger partial charge is 0.452 e. The molecule has 1 aromatic carbocycles. The standard InChI is InChI=1S/C22H31ClN2O5S/c1-15-7-6-8-20(16(15)2)24-21(26)14-30-22(27)18-13-17(9-10-19(18)23)31(28,29)25-11-4-3-5-12-25/h9-10,13,15-16,20H,3-8,11-12,14H2,1-2H3,(H,24,26). The number of halogens is 1. The first-order chi connectivity index (χ1) is 14.7. The topological polar surface area (TPSA) is 92.8 Å². The van der Waals surface area contributed by atoms with Crippen molar-refractivity contribution in [2.24, 2.45) is 11.8 Å². The number of piperidine rings is 1. The van der Waals surface area contributed by atoms with Crippen LogP contribution in [0.1, 0.15) is 62.7 Å². The summed E-state index contributed by atoms with van der Waals surface area (Å²) in [6.07, 6.45) is 5.75. The first-order valence-electron chi connectivity index (χ1n) is 11.0. The number of nitrogens with zero attached hydrogens (tertiary/aromatic N) is 1. The van der Waals surface area contributed by atoms with Crippen LogP contribution >= 0.6 is 11.6 Å². The molecule has 1 aliphatic carbocycles. The number of hydrogen-bond donors (Lipinski definition) is 1. The zero-order valence-corrected chi connectivity index (χ0v) is 19.7. The Morgan fingerprint density at radius 1 is 1.13 bits per heavy atom. The van der Waals surface area contributed by atoms with Crippen molar-refractivity contribution in [1.29, 1.82) is 0 Å². The minimum atomic E-state index is -3.71. The summed E-state index contributed by atoms with van der Waals surface area (Å²) in [5, 5.41) is 3.03. The summed E-state index contributed by atoms with van der Waals surface area (Å²) in [5.74, 6) is -0.294. The molecule has 2 fully saturated rings. The van der Waals surface area contributed by atoms with Gasteiger partial charge in [-0.1, -0.05) is 44.7 Å². The first kappa shape index (κ1) is 24.0. The second-order valence-electron chi connectivity index (χ2n) is 8.62. The molecule has 1 saturated carbocycles. The van der Waals surface area contributed by atoms with E-state index in [2.05, 4.69) is 19.2 Å². The number of benzene rings is 1. The third-order valence-corrected chi connectivity index (χ3v) is 8.72. The Morgan fingerprint density at radius 2 is 1.84 bits per heavy atom. The molecular formula is C22H31ClN2O5S. The van der Waals surface area contributed by atoms with Gasteiger partial charge in [0.2, 0.25) is 10.0 Å². The maximum absolute atomic E-state index is 12.9. The maximum atomic E-state index is 12.9. The van der Waals surface area contributed by atoms with Gasteiger partial charge in [0.05, 0.1) is 15.5 Å². The third-order valence-electron chi connectivity index (χ3n) is 6.50. The molecule has 7 nitrogen and oxygen atoms in total. The third kappa shape index (κ3) is 5.79. The van der Waals surface area contributed by atoms with Crippen molar-refractivity contribution >= 4 is 33.5 Å². The SMILES string of the molecule is CC1CCCC(NC(=O)COC(=O)c2cc(S(=O)(=O)N3CCCCC3)ccc2Cl)C1C. The van der Waals surface area contributed by atoms with E-state index in [0.29, 0.717) is 24.9 Å². The van der Waals surface area contributed by atoms with E-state index in [-0.39, 0.29) is 27.4 Å². The van der Waals surface area contributed by atoms with Gasteiger partial charge in [0, 0.05) is 19.1 Å². The van der Waals surface area contributed by atoms with Crippen LogP contribution in [-0.2, 0) is 19.6 Å². The number of carbonyl (C=O) groups is 2. The predicted molar refractivity (Wildman–Crippen MR) is 118 cm³/mol. The summed E-state index contributed by atoms with van der Waals surface area (Å²) in [6, 6.07) is 4.07. The normalized spacial score (nSPS) is 25.1. The molecule has 1 heterocycles. The van der Waals surface area contributed by atoms with Gasteiger partial charge >= 0.3 is 5.97 Å². The number of amides is 1. The molecule has 1 amide bonds. The van der Waals surface area contributed by atoms with Gasteiger partial charge in [-0.2, -0.15) is 4.31 Å². The van der Waals surface area contributed by atoms with E-state index < -0.39 is 22.6 Å². The maximum Gasteiger partial charge on any atom is 0.340 e. The molecule has 3 unspecified atom stereocenters. The molecule has 0 spiro atoms. The summed E-state index contributed by atoms with van der Waals surface area (Å²) < 4.78 is 32.3. The Morgan fingerprint density at radius 3 is 2.55 bits per heavy atom. The Bertz CT molecular complexity index is 914. The van der Waals surface area contributed by atoms with Gasteiger partial charge in [0.1, 0.15) is 0 Å². The number of hydrogen-bond acceptors (Lipinski definition) is 5. The van der Waals surface area contributed by atoms with Gasteiger partial charge in [-0.25, -0.2) is 13.2 Å². The Hall–Kier alpha value is -1.64. The average molecular weight is 471 g/mol. The Balaban J connectivity index is 1.63. The molecule has 9 heteroatoms. The van der Waals surface area contributed by atoms with E-state index >= 15 is 0 Å². The van der Waals surface area contributed by atoms with Crippen LogP contribution in [0.25, 0.3) is 0 Å². The van der Waals surface area contributed by atoms with Crippen LogP contribution in [0.15, 0.2) is 23.1 Å². The predicted octanol–water partition coefficient (Wildman–Crippen LogP) is 3.61. The number of rotatable bonds is 6. The monoisotopic (exact) mass is 470 g/mol. The molecule has 1 saturated heterocycles. The van der Waals surface area contributed by atoms with E-state index in [1.165, 1.54) is 22.5 Å². The fourth-order valence-corrected chi connectivity index (χ4v) is 6.06. The lowest BCUT2D eigenvalue weighted by molar-refractivity contribution is -0.125. The average Bonchev–Trinajstić information content (AvgIpc) is 2.76. The summed E-state index contributed by atoms with van der Waals surface area (Å²) in [4.78, 5) is 24.8. The highest BCUT2D eigenvalue weighted by Gasteiger charge is 2.29. The zero-order chi connectivity index (χ0) is 22.6. The molecule has 3 rings (SSSR count). The van der Waals surface area contributed by atoms with Crippen molar-refractivity contribution < 1.29 is 22.7 Å². The zero-order valence-electron chi connectivity index (χ0n) is 18.1. The van der Waals surface area contributed by atoms with Crippen molar-refractivity contribution in [2.45, 2.75) is 63.3 Å². The van der Waals surface area contributed by atoms with Crippen LogP contribution in [0.2, 0.25) is 5.02 Å². The number of sulfonamides is 1. The van der Waals surface area contributed by atoms with Crippen molar-refractivity contribution in [3.05, 3.63) is 28.8 Å². The van der Waals surface area contributed by atoms with Crippen molar-refractivity contribution in [2.75, 3.05) is 19.7 Å². The molecule has 3 atom stereocenters. The summed E-state index contributed by atoms with van der Waals surface area (Å²) >= 11 is 6.12. The highest BCUT2D eigenvalue weighted by molar-refractivity contribution is 7.89. The van der Waals surface area contributed by atoms with Crippen LogP contribution in [-0.4, -0.2) is 50.3 Å². The van der Waals surface area contributed by atoms with Crippen molar-refractivity contribution in [3.8, 4) is 0 Å². The van der Waals surface area contributed by atoms with Crippen LogP contribution in [0.5, 0.6) is 0 Å². The second kappa shape index (κ2) is 10.3. The number of carbonyl (C=O) groups excluding carboxylic acids is 2. The summed E-state index contributed by atoms with van der Waals surface area (Å²) in [5.41, 5.74) is -0.0628. The van der Waals surface area contributed by atoms with Gasteiger partial charge < -0.3 is 10.1 Å². The van der Waals surface area contributed by atoms with Gasteiger partial charge in [-0.15, -0.1) is 0 Å². The van der Waals surface area contributed by atoms with Crippen LogP contribution in [0.3, 0.4) is 0 Å². The molecule has 31 heavy (non-hydrogen) atoms. The lowest BCUT2D eigenvalue weighted by atomic mass is 9.78. The highest BCUT2D eigenvalue weighted by atomic mass is 35.5. The minimum Gasteiger partial charge on any atom is -0.452 e. The molecule has 0 aromatic heterocycles. The number of ether oxygens (including phenoxy) is 1. The van der Waals surface area contributed by atoms with Crippen LogP contribution < -0.4 is 5.32 Å². The van der Waals surface area contributed by atoms with Gasteiger partial charge in [-0.3, -0.25) is 4.79 Å². The van der Waals surface area contributed by atoms with E-state index in [0.717, 1.165) is 38.5 Å². The molecule has 1 N–H and O–H groups in total. The van der Waals surface area contributed by atoms with E-state index in [4.69, 9.17) is 16.3 Å². The quantitative estimate of drug-likeness (QED) is 0.641. The number of esters is 1. The van der Waals surface area contributed by atoms with Gasteiger partial charge in [0.15, 0.2) is 6.61 Å². The number of nitrogens with one attached hydrogen (secondary N) is 1. The highest BCUT2D eigenvalue weighted by Crippen LogP contribution is 2.29. The Labute approximate surface area is 189 Å². The summed E-state index contributed by atoms with van der Waals surface area (Å²) in [6.45, 7) is 4.78. The molecule has 1 aliphatic heterocycles. The summed E-state index contributed by atoms with van der Waals surface area (Å²) in [7, 11) is -3.71. The fraction of sp³-hybridized carbons (Fsp3) is 0.636. The van der Waals surface area contributed by atoms with Gasteiger partial charge in [0.25, 0.3) is 5.91 Å². The van der Waals surface area contributed by atoms with Crippen molar-refractivity contribution in [1.82, 2.24) is 9.62 Å². The molecule has 0 radical (unpaired) electrons. The Kier molecular flexibility index (Phi) is 7.99. The minimum absolute atomic E-state index is 0.000203. The van der Waals surface area contributed by atoms with Crippen LogP contribution in [0, 0.1) is 11.8 Å². The fourth-order valence-electron chi connectivity index (χ4n) is 4.32. The molecule has 172 valence electrons. The smallest absolute Gasteiger partial charge is 0.340 e. The van der Waals surface area contributed by atoms with E-state index in [1.54, 1.807) is 0 Å². The second-order valence-corrected chi connectivity index (χ2v) is 11.0. The lowest BCUT2D eigenvalue weighted by Gasteiger charge is -2.34. The van der Waals surface area contributed by atoms with Crippen LogP contribution in [0.4, 0.5) is 0 Å². The first-order valence-corrected chi connectivity index (χ1v) is 12.8. The van der Waals surface area contributed by atoms with Gasteiger partial charge in [-0.05, 0) is 49.3 Å².